The zero-order valence-electron chi connectivity index (χ0n) is 16.1. The Bertz CT molecular complexity index is 1060. The minimum absolute atomic E-state index is 0.0709. The van der Waals surface area contributed by atoms with E-state index in [-0.39, 0.29) is 35.7 Å². The number of hydrogen-bond donors (Lipinski definition) is 2. The number of rotatable bonds is 6. The Kier molecular flexibility index (Phi) is 5.74. The Balaban J connectivity index is 1.65. The van der Waals surface area contributed by atoms with Crippen LogP contribution in [0.4, 0.5) is 0 Å². The number of nitrogens with zero attached hydrogens (tertiary/aromatic N) is 2. The summed E-state index contributed by atoms with van der Waals surface area (Å²) >= 11 is 2.82. The van der Waals surface area contributed by atoms with E-state index in [0.717, 1.165) is 16.1 Å². The zero-order chi connectivity index (χ0) is 21.3. The summed E-state index contributed by atoms with van der Waals surface area (Å²) in [5.74, 6) is -1.61. The third-order valence-corrected chi connectivity index (χ3v) is 7.13. The van der Waals surface area contributed by atoms with Crippen LogP contribution in [0.15, 0.2) is 53.2 Å². The molecule has 2 atom stereocenters. The van der Waals surface area contributed by atoms with E-state index in [9.17, 15) is 19.5 Å². The van der Waals surface area contributed by atoms with Crippen LogP contribution in [-0.4, -0.2) is 43.5 Å². The summed E-state index contributed by atoms with van der Waals surface area (Å²) in [6.07, 6.45) is 3.91. The first kappa shape index (κ1) is 20.4. The molecule has 0 spiro atoms. The van der Waals surface area contributed by atoms with Crippen molar-refractivity contribution >= 4 is 47.0 Å². The number of thioether (sulfide) groups is 1. The average molecular weight is 442 g/mol. The summed E-state index contributed by atoms with van der Waals surface area (Å²) in [6, 6.07) is 9.35. The lowest BCUT2D eigenvalue weighted by Crippen LogP contribution is -2.57. The van der Waals surface area contributed by atoms with Gasteiger partial charge in [-0.2, -0.15) is 0 Å². The molecule has 2 aromatic rings. The standard InChI is InChI=1S/C21H19N3O4S2/c1-12-15(29-11-22-12)8-7-14-19(21(27)28)24-17(26)10-18(24)30-20(14)23-16(25)9-13-5-3-2-4-6-13/h2-8,11,18,20H,9-10H2,1H3,(H,23,25)(H,27,28)/t18-,20?/m1/s1. The Labute approximate surface area is 181 Å². The maximum Gasteiger partial charge on any atom is 0.353 e. The Morgan fingerprint density at radius 1 is 1.30 bits per heavy atom. The van der Waals surface area contributed by atoms with Crippen LogP contribution in [-0.2, 0) is 20.8 Å². The van der Waals surface area contributed by atoms with E-state index in [2.05, 4.69) is 10.3 Å². The average Bonchev–Trinajstić information content (AvgIpc) is 3.11. The van der Waals surface area contributed by atoms with Crippen molar-refractivity contribution < 1.29 is 19.5 Å². The number of benzene rings is 1. The molecule has 2 aliphatic heterocycles. The Hall–Kier alpha value is -2.91. The number of aromatic nitrogens is 1. The second-order valence-corrected chi connectivity index (χ2v) is 9.09. The summed E-state index contributed by atoms with van der Waals surface area (Å²) in [7, 11) is 0. The third kappa shape index (κ3) is 4.03. The van der Waals surface area contributed by atoms with Gasteiger partial charge in [0.2, 0.25) is 11.8 Å². The van der Waals surface area contributed by atoms with E-state index in [1.807, 2.05) is 37.3 Å². The topological polar surface area (TPSA) is 99.6 Å². The summed E-state index contributed by atoms with van der Waals surface area (Å²) < 4.78 is 0. The summed E-state index contributed by atoms with van der Waals surface area (Å²) in [4.78, 5) is 43.2. The molecular formula is C21H19N3O4S2. The summed E-state index contributed by atoms with van der Waals surface area (Å²) in [5.41, 5.74) is 3.74. The number of aliphatic carboxylic acids is 1. The molecule has 0 bridgehead atoms. The van der Waals surface area contributed by atoms with Gasteiger partial charge in [0.25, 0.3) is 0 Å². The van der Waals surface area contributed by atoms with Crippen molar-refractivity contribution in [1.82, 2.24) is 15.2 Å². The first-order valence-corrected chi connectivity index (χ1v) is 11.1. The number of carboxylic acid groups (broad SMARTS) is 1. The van der Waals surface area contributed by atoms with Crippen LogP contribution in [0.1, 0.15) is 22.6 Å². The quantitative estimate of drug-likeness (QED) is 0.669. The Morgan fingerprint density at radius 3 is 2.70 bits per heavy atom. The molecule has 0 radical (unpaired) electrons. The first-order valence-electron chi connectivity index (χ1n) is 9.30. The van der Waals surface area contributed by atoms with Crippen molar-refractivity contribution in [1.29, 1.82) is 0 Å². The number of β-lactam (4-membered cyclic amide) rings is 1. The van der Waals surface area contributed by atoms with Gasteiger partial charge in [0.05, 0.1) is 29.4 Å². The van der Waals surface area contributed by atoms with Gasteiger partial charge < -0.3 is 10.4 Å². The second-order valence-electron chi connectivity index (χ2n) is 6.91. The molecule has 3 heterocycles. The van der Waals surface area contributed by atoms with Crippen LogP contribution >= 0.6 is 23.1 Å². The van der Waals surface area contributed by atoms with Gasteiger partial charge in [-0.15, -0.1) is 23.1 Å². The van der Waals surface area contributed by atoms with E-state index in [1.165, 1.54) is 28.0 Å². The molecule has 154 valence electrons. The van der Waals surface area contributed by atoms with Crippen LogP contribution in [0.2, 0.25) is 0 Å². The normalized spacial score (nSPS) is 20.8. The number of thiazole rings is 1. The van der Waals surface area contributed by atoms with Crippen molar-refractivity contribution in [3.05, 3.63) is 69.3 Å². The number of carbonyl (C=O) groups excluding carboxylic acids is 2. The van der Waals surface area contributed by atoms with Gasteiger partial charge >= 0.3 is 5.97 Å². The van der Waals surface area contributed by atoms with E-state index in [1.54, 1.807) is 17.7 Å². The van der Waals surface area contributed by atoms with E-state index < -0.39 is 11.3 Å². The highest BCUT2D eigenvalue weighted by molar-refractivity contribution is 8.00. The minimum Gasteiger partial charge on any atom is -0.477 e. The molecule has 2 N–H and O–H groups in total. The van der Waals surface area contributed by atoms with Crippen molar-refractivity contribution in [2.24, 2.45) is 0 Å². The van der Waals surface area contributed by atoms with Gasteiger partial charge in [-0.25, -0.2) is 9.78 Å². The summed E-state index contributed by atoms with van der Waals surface area (Å²) in [6.45, 7) is 1.87. The maximum atomic E-state index is 12.7. The molecule has 1 fully saturated rings. The van der Waals surface area contributed by atoms with Gasteiger partial charge in [-0.05, 0) is 18.6 Å². The molecule has 30 heavy (non-hydrogen) atoms. The Morgan fingerprint density at radius 2 is 2.07 bits per heavy atom. The fourth-order valence-corrected chi connectivity index (χ4v) is 5.51. The molecule has 1 saturated heterocycles. The molecule has 1 unspecified atom stereocenters. The van der Waals surface area contributed by atoms with Crippen LogP contribution in [0.5, 0.6) is 0 Å². The first-order chi connectivity index (χ1) is 14.4. The van der Waals surface area contributed by atoms with E-state index >= 15 is 0 Å². The van der Waals surface area contributed by atoms with Gasteiger partial charge in [0.15, 0.2) is 0 Å². The number of hydrogen-bond acceptors (Lipinski definition) is 6. The third-order valence-electron chi connectivity index (χ3n) is 4.89. The summed E-state index contributed by atoms with van der Waals surface area (Å²) in [5, 5.41) is 11.9. The highest BCUT2D eigenvalue weighted by atomic mass is 32.2. The number of nitrogens with one attached hydrogen (secondary N) is 1. The van der Waals surface area contributed by atoms with Crippen LogP contribution < -0.4 is 5.32 Å². The highest BCUT2D eigenvalue weighted by Gasteiger charge is 2.48. The molecule has 4 rings (SSSR count). The fraction of sp³-hybridized carbons (Fsp3) is 0.238. The number of carboxylic acids is 1. The molecule has 9 heteroatoms. The lowest BCUT2D eigenvalue weighted by atomic mass is 10.1. The monoisotopic (exact) mass is 441 g/mol. The largest absolute Gasteiger partial charge is 0.477 e. The zero-order valence-corrected chi connectivity index (χ0v) is 17.7. The lowest BCUT2D eigenvalue weighted by molar-refractivity contribution is -0.146. The van der Waals surface area contributed by atoms with Gasteiger partial charge in [0.1, 0.15) is 11.1 Å². The molecule has 0 aliphatic carbocycles. The van der Waals surface area contributed by atoms with Gasteiger partial charge in [0, 0.05) is 10.5 Å². The minimum atomic E-state index is -1.18. The number of aryl methyl sites for hydroxylation is 1. The van der Waals surface area contributed by atoms with E-state index in [0.29, 0.717) is 5.57 Å². The molecular weight excluding hydrogens is 422 g/mol. The van der Waals surface area contributed by atoms with Crippen LogP contribution in [0.3, 0.4) is 0 Å². The van der Waals surface area contributed by atoms with Crippen molar-refractivity contribution in [3.8, 4) is 0 Å². The SMILES string of the molecule is Cc1ncsc1C=CC1=C(C(=O)O)N2C(=O)C[C@H]2SC1NC(=O)Cc1ccccc1. The molecule has 2 amide bonds. The second kappa shape index (κ2) is 8.45. The smallest absolute Gasteiger partial charge is 0.353 e. The fourth-order valence-electron chi connectivity index (χ4n) is 3.38. The molecule has 7 nitrogen and oxygen atoms in total. The molecule has 0 saturated carbocycles. The highest BCUT2D eigenvalue weighted by Crippen LogP contribution is 2.43. The van der Waals surface area contributed by atoms with Crippen molar-refractivity contribution in [2.75, 3.05) is 0 Å². The predicted molar refractivity (Wildman–Crippen MR) is 115 cm³/mol. The van der Waals surface area contributed by atoms with Gasteiger partial charge in [-0.3, -0.25) is 14.5 Å². The molecule has 1 aromatic heterocycles. The van der Waals surface area contributed by atoms with Crippen LogP contribution in [0, 0.1) is 6.92 Å². The number of amides is 2. The van der Waals surface area contributed by atoms with Crippen molar-refractivity contribution in [3.63, 3.8) is 0 Å². The molecule has 2 aliphatic rings. The van der Waals surface area contributed by atoms with Crippen LogP contribution in [0.25, 0.3) is 6.08 Å². The van der Waals surface area contributed by atoms with E-state index in [4.69, 9.17) is 0 Å². The predicted octanol–water partition coefficient (Wildman–Crippen LogP) is 2.79. The lowest BCUT2D eigenvalue weighted by Gasteiger charge is -2.46. The maximum absolute atomic E-state index is 12.7. The van der Waals surface area contributed by atoms with Crippen molar-refractivity contribution in [2.45, 2.75) is 30.5 Å². The van der Waals surface area contributed by atoms with Gasteiger partial charge in [-0.1, -0.05) is 36.4 Å². The molecule has 1 aromatic carbocycles. The number of carbonyl (C=O) groups is 3. The number of fused-ring (bicyclic) bond motifs is 1.